The lowest BCUT2D eigenvalue weighted by atomic mass is 9.80. The van der Waals surface area contributed by atoms with Crippen molar-refractivity contribution in [2.75, 3.05) is 0 Å². The zero-order valence-corrected chi connectivity index (χ0v) is 7.29. The molecular weight excluding hydrogens is 181 g/mol. The lowest BCUT2D eigenvalue weighted by Gasteiger charge is -2.00. The molecule has 0 aliphatic heterocycles. The third kappa shape index (κ3) is 1.68. The predicted octanol–water partition coefficient (Wildman–Crippen LogP) is 0.0214. The highest BCUT2D eigenvalue weighted by molar-refractivity contribution is 6.58. The van der Waals surface area contributed by atoms with Gasteiger partial charge in [0, 0.05) is 6.20 Å². The molecule has 2 aromatic heterocycles. The number of hydrogen-bond acceptors (Lipinski definition) is 4. The highest BCUT2D eigenvalue weighted by Crippen LogP contribution is 2.15. The van der Waals surface area contributed by atoms with Crippen LogP contribution >= 0.6 is 0 Å². The second kappa shape index (κ2) is 3.65. The van der Waals surface area contributed by atoms with Crippen LogP contribution in [0, 0.1) is 0 Å². The first kappa shape index (κ1) is 8.99. The van der Waals surface area contributed by atoms with Crippen LogP contribution in [-0.2, 0) is 0 Å². The fourth-order valence-corrected chi connectivity index (χ4v) is 1.17. The standard InChI is InChI=1S/C9H8BNO3/c12-10(13)7-3-4-11-8(6-7)9-2-1-5-14-9/h1-6,12-13H. The molecule has 0 saturated carbocycles. The van der Waals surface area contributed by atoms with Gasteiger partial charge < -0.3 is 14.5 Å². The van der Waals surface area contributed by atoms with Crippen LogP contribution in [0.2, 0.25) is 0 Å². The van der Waals surface area contributed by atoms with Crippen molar-refractivity contribution < 1.29 is 14.5 Å². The van der Waals surface area contributed by atoms with E-state index in [0.717, 1.165) is 0 Å². The molecule has 0 spiro atoms. The Morgan fingerprint density at radius 2 is 2.14 bits per heavy atom. The van der Waals surface area contributed by atoms with Crippen molar-refractivity contribution in [3.05, 3.63) is 36.7 Å². The Hall–Kier alpha value is -1.59. The molecule has 0 amide bonds. The Morgan fingerprint density at radius 1 is 1.29 bits per heavy atom. The number of furan rings is 1. The van der Waals surface area contributed by atoms with Gasteiger partial charge in [-0.05, 0) is 29.7 Å². The van der Waals surface area contributed by atoms with E-state index in [0.29, 0.717) is 16.9 Å². The van der Waals surface area contributed by atoms with Crippen molar-refractivity contribution in [3.63, 3.8) is 0 Å². The maximum atomic E-state index is 8.94. The Morgan fingerprint density at radius 3 is 2.79 bits per heavy atom. The van der Waals surface area contributed by atoms with Gasteiger partial charge in [0.1, 0.15) is 5.69 Å². The van der Waals surface area contributed by atoms with Crippen LogP contribution in [0.1, 0.15) is 0 Å². The number of aromatic nitrogens is 1. The van der Waals surface area contributed by atoms with Crippen LogP contribution in [0.15, 0.2) is 41.1 Å². The van der Waals surface area contributed by atoms with E-state index in [1.165, 1.54) is 12.3 Å². The molecule has 0 bridgehead atoms. The van der Waals surface area contributed by atoms with Gasteiger partial charge >= 0.3 is 7.12 Å². The summed E-state index contributed by atoms with van der Waals surface area (Å²) in [6, 6.07) is 6.62. The molecule has 2 rings (SSSR count). The van der Waals surface area contributed by atoms with Crippen LogP contribution in [0.5, 0.6) is 0 Å². The first-order chi connectivity index (χ1) is 6.77. The first-order valence-corrected chi connectivity index (χ1v) is 4.13. The van der Waals surface area contributed by atoms with Crippen LogP contribution in [0.3, 0.4) is 0 Å². The van der Waals surface area contributed by atoms with E-state index in [-0.39, 0.29) is 0 Å². The van der Waals surface area contributed by atoms with Crippen molar-refractivity contribution in [1.82, 2.24) is 4.98 Å². The highest BCUT2D eigenvalue weighted by Gasteiger charge is 2.12. The number of rotatable bonds is 2. The van der Waals surface area contributed by atoms with Gasteiger partial charge in [0.15, 0.2) is 5.76 Å². The molecule has 0 radical (unpaired) electrons. The summed E-state index contributed by atoms with van der Waals surface area (Å²) in [4.78, 5) is 4.05. The molecule has 0 fully saturated rings. The fourth-order valence-electron chi connectivity index (χ4n) is 1.17. The summed E-state index contributed by atoms with van der Waals surface area (Å²) in [5.74, 6) is 0.604. The number of pyridine rings is 1. The molecule has 0 aromatic carbocycles. The summed E-state index contributed by atoms with van der Waals surface area (Å²) in [7, 11) is -1.48. The van der Waals surface area contributed by atoms with Crippen LogP contribution in [0.4, 0.5) is 0 Å². The zero-order chi connectivity index (χ0) is 9.97. The van der Waals surface area contributed by atoms with Crippen LogP contribution in [0.25, 0.3) is 11.5 Å². The van der Waals surface area contributed by atoms with Crippen molar-refractivity contribution >= 4 is 12.6 Å². The second-order valence-corrected chi connectivity index (χ2v) is 2.83. The second-order valence-electron chi connectivity index (χ2n) is 2.83. The molecule has 5 heteroatoms. The van der Waals surface area contributed by atoms with Crippen molar-refractivity contribution in [3.8, 4) is 11.5 Å². The minimum Gasteiger partial charge on any atom is -0.463 e. The smallest absolute Gasteiger partial charge is 0.463 e. The lowest BCUT2D eigenvalue weighted by molar-refractivity contribution is 0.425. The summed E-state index contributed by atoms with van der Waals surface area (Å²) in [5.41, 5.74) is 0.979. The summed E-state index contributed by atoms with van der Waals surface area (Å²) in [6.45, 7) is 0. The van der Waals surface area contributed by atoms with Gasteiger partial charge in [0.25, 0.3) is 0 Å². The molecule has 0 atom stereocenters. The molecule has 0 saturated heterocycles. The lowest BCUT2D eigenvalue weighted by Crippen LogP contribution is -2.29. The van der Waals surface area contributed by atoms with Gasteiger partial charge in [-0.15, -0.1) is 0 Å². The van der Waals surface area contributed by atoms with Crippen LogP contribution in [-0.4, -0.2) is 22.2 Å². The largest absolute Gasteiger partial charge is 0.488 e. The van der Waals surface area contributed by atoms with E-state index in [1.54, 1.807) is 24.5 Å². The maximum absolute atomic E-state index is 8.94. The Kier molecular flexibility index (Phi) is 2.34. The topological polar surface area (TPSA) is 66.5 Å². The number of hydrogen-bond donors (Lipinski definition) is 2. The van der Waals surface area contributed by atoms with Gasteiger partial charge in [-0.3, -0.25) is 4.98 Å². The van der Waals surface area contributed by atoms with Gasteiger partial charge in [0.05, 0.1) is 6.26 Å². The Balaban J connectivity index is 2.41. The van der Waals surface area contributed by atoms with E-state index in [9.17, 15) is 0 Å². The molecular formula is C9H8BNO3. The molecule has 2 N–H and O–H groups in total. The SMILES string of the molecule is OB(O)c1ccnc(-c2ccco2)c1. The van der Waals surface area contributed by atoms with E-state index in [2.05, 4.69) is 4.98 Å². The van der Waals surface area contributed by atoms with E-state index >= 15 is 0 Å². The van der Waals surface area contributed by atoms with Crippen molar-refractivity contribution in [1.29, 1.82) is 0 Å². The Bertz CT molecular complexity index is 414. The van der Waals surface area contributed by atoms with Crippen LogP contribution < -0.4 is 5.46 Å². The zero-order valence-electron chi connectivity index (χ0n) is 7.29. The molecule has 0 unspecified atom stereocenters. The average molecular weight is 189 g/mol. The first-order valence-electron chi connectivity index (χ1n) is 4.13. The minimum absolute atomic E-state index is 0.395. The summed E-state index contributed by atoms with van der Waals surface area (Å²) in [6.07, 6.45) is 3.05. The predicted molar refractivity (Wildman–Crippen MR) is 51.8 cm³/mol. The van der Waals surface area contributed by atoms with Crippen molar-refractivity contribution in [2.24, 2.45) is 0 Å². The van der Waals surface area contributed by atoms with Gasteiger partial charge in [-0.1, -0.05) is 0 Å². The molecule has 0 aliphatic carbocycles. The molecule has 2 heterocycles. The number of nitrogens with zero attached hydrogens (tertiary/aromatic N) is 1. The monoisotopic (exact) mass is 189 g/mol. The summed E-state index contributed by atoms with van der Waals surface area (Å²) >= 11 is 0. The normalized spacial score (nSPS) is 10.1. The van der Waals surface area contributed by atoms with Crippen molar-refractivity contribution in [2.45, 2.75) is 0 Å². The molecule has 4 nitrogen and oxygen atoms in total. The van der Waals surface area contributed by atoms with Gasteiger partial charge in [-0.25, -0.2) is 0 Å². The van der Waals surface area contributed by atoms with E-state index in [1.807, 2.05) is 0 Å². The summed E-state index contributed by atoms with van der Waals surface area (Å²) in [5, 5.41) is 17.9. The van der Waals surface area contributed by atoms with Gasteiger partial charge in [-0.2, -0.15) is 0 Å². The Labute approximate surface area is 81.0 Å². The summed E-state index contributed by atoms with van der Waals surface area (Å²) < 4.78 is 5.13. The fraction of sp³-hybridized carbons (Fsp3) is 0. The third-order valence-corrected chi connectivity index (χ3v) is 1.86. The van der Waals surface area contributed by atoms with Gasteiger partial charge in [0.2, 0.25) is 0 Å². The molecule has 2 aromatic rings. The maximum Gasteiger partial charge on any atom is 0.488 e. The van der Waals surface area contributed by atoms with E-state index < -0.39 is 7.12 Å². The minimum atomic E-state index is -1.48. The quantitative estimate of drug-likeness (QED) is 0.653. The molecule has 0 aliphatic rings. The highest BCUT2D eigenvalue weighted by atomic mass is 16.4. The third-order valence-electron chi connectivity index (χ3n) is 1.86. The molecule has 14 heavy (non-hydrogen) atoms. The molecule has 70 valence electrons. The van der Waals surface area contributed by atoms with E-state index in [4.69, 9.17) is 14.5 Å². The average Bonchev–Trinajstić information content (AvgIpc) is 2.71.